The number of carbonyl (C=O) groups excluding carboxylic acids is 1. The van der Waals surface area contributed by atoms with Gasteiger partial charge in [0.25, 0.3) is 0 Å². The SMILES string of the molecule is CC(Br)C(=O)OC1CCCCC1Br. The summed E-state index contributed by atoms with van der Waals surface area (Å²) in [6.07, 6.45) is 4.56. The molecule has 0 bridgehead atoms. The van der Waals surface area contributed by atoms with Crippen LogP contribution >= 0.6 is 31.9 Å². The molecule has 1 fully saturated rings. The minimum absolute atomic E-state index is 0.0706. The number of alkyl halides is 2. The largest absolute Gasteiger partial charge is 0.460 e. The van der Waals surface area contributed by atoms with E-state index in [1.165, 1.54) is 6.42 Å². The fourth-order valence-corrected chi connectivity index (χ4v) is 2.23. The van der Waals surface area contributed by atoms with Crippen LogP contribution in [0.1, 0.15) is 32.6 Å². The molecule has 4 heteroatoms. The van der Waals surface area contributed by atoms with Gasteiger partial charge in [-0.1, -0.05) is 38.3 Å². The van der Waals surface area contributed by atoms with Gasteiger partial charge >= 0.3 is 5.97 Å². The van der Waals surface area contributed by atoms with E-state index in [4.69, 9.17) is 4.74 Å². The summed E-state index contributed by atoms with van der Waals surface area (Å²) in [5, 5.41) is 0. The molecule has 1 saturated carbocycles. The van der Waals surface area contributed by atoms with Crippen LogP contribution in [-0.2, 0) is 9.53 Å². The average Bonchev–Trinajstić information content (AvgIpc) is 2.08. The molecule has 0 spiro atoms. The Morgan fingerprint density at radius 2 is 2.08 bits per heavy atom. The van der Waals surface area contributed by atoms with Crippen LogP contribution in [0.4, 0.5) is 0 Å². The first-order chi connectivity index (χ1) is 6.11. The highest BCUT2D eigenvalue weighted by Gasteiger charge is 2.27. The minimum Gasteiger partial charge on any atom is -0.460 e. The summed E-state index contributed by atoms with van der Waals surface area (Å²) >= 11 is 6.74. The van der Waals surface area contributed by atoms with Gasteiger partial charge in [-0.05, 0) is 26.2 Å². The number of hydrogen-bond acceptors (Lipinski definition) is 2. The van der Waals surface area contributed by atoms with E-state index in [0.717, 1.165) is 19.3 Å². The molecule has 0 heterocycles. The van der Waals surface area contributed by atoms with Crippen LogP contribution in [-0.4, -0.2) is 21.7 Å². The first-order valence-corrected chi connectivity index (χ1v) is 6.43. The van der Waals surface area contributed by atoms with E-state index >= 15 is 0 Å². The van der Waals surface area contributed by atoms with Gasteiger partial charge in [0.15, 0.2) is 0 Å². The molecular formula is C9H14Br2O2. The topological polar surface area (TPSA) is 26.3 Å². The lowest BCUT2D eigenvalue weighted by molar-refractivity contribution is -0.148. The van der Waals surface area contributed by atoms with Crippen molar-refractivity contribution in [3.8, 4) is 0 Å². The molecule has 0 aromatic carbocycles. The summed E-state index contributed by atoms with van der Waals surface area (Å²) in [5.41, 5.74) is 0. The smallest absolute Gasteiger partial charge is 0.319 e. The Bertz CT molecular complexity index is 182. The second kappa shape index (κ2) is 5.35. The van der Waals surface area contributed by atoms with E-state index in [1.54, 1.807) is 6.92 Å². The Kier molecular flexibility index (Phi) is 4.73. The standard InChI is InChI=1S/C9H14Br2O2/c1-6(10)9(12)13-8-5-3-2-4-7(8)11/h6-8H,2-5H2,1H3. The number of hydrogen-bond donors (Lipinski definition) is 0. The molecule has 2 nitrogen and oxygen atoms in total. The van der Waals surface area contributed by atoms with Crippen LogP contribution < -0.4 is 0 Å². The number of esters is 1. The summed E-state index contributed by atoms with van der Waals surface area (Å²) in [7, 11) is 0. The van der Waals surface area contributed by atoms with Crippen molar-refractivity contribution in [2.75, 3.05) is 0 Å². The molecule has 3 unspecified atom stereocenters. The molecular weight excluding hydrogens is 300 g/mol. The lowest BCUT2D eigenvalue weighted by Gasteiger charge is -2.27. The van der Waals surface area contributed by atoms with Gasteiger partial charge in [-0.25, -0.2) is 0 Å². The number of rotatable bonds is 2. The Morgan fingerprint density at radius 3 is 2.62 bits per heavy atom. The molecule has 13 heavy (non-hydrogen) atoms. The molecule has 0 aliphatic heterocycles. The van der Waals surface area contributed by atoms with Gasteiger partial charge in [-0.3, -0.25) is 4.79 Å². The lowest BCUT2D eigenvalue weighted by Crippen LogP contribution is -2.32. The fourth-order valence-electron chi connectivity index (χ4n) is 1.43. The van der Waals surface area contributed by atoms with Gasteiger partial charge in [-0.2, -0.15) is 0 Å². The third-order valence-electron chi connectivity index (χ3n) is 2.21. The Balaban J connectivity index is 2.38. The molecule has 1 rings (SSSR count). The highest BCUT2D eigenvalue weighted by atomic mass is 79.9. The van der Waals surface area contributed by atoms with Crippen molar-refractivity contribution in [3.05, 3.63) is 0 Å². The van der Waals surface area contributed by atoms with E-state index < -0.39 is 0 Å². The summed E-state index contributed by atoms with van der Waals surface area (Å²) in [5.74, 6) is -0.156. The zero-order chi connectivity index (χ0) is 9.84. The molecule has 3 atom stereocenters. The van der Waals surface area contributed by atoms with Crippen molar-refractivity contribution < 1.29 is 9.53 Å². The molecule has 0 aromatic rings. The molecule has 76 valence electrons. The maximum absolute atomic E-state index is 11.3. The molecule has 0 saturated heterocycles. The number of halogens is 2. The van der Waals surface area contributed by atoms with Crippen molar-refractivity contribution >= 4 is 37.8 Å². The van der Waals surface area contributed by atoms with E-state index in [9.17, 15) is 4.79 Å². The predicted octanol–water partition coefficient (Wildman–Crippen LogP) is 3.02. The zero-order valence-corrected chi connectivity index (χ0v) is 10.8. The third-order valence-corrected chi connectivity index (χ3v) is 3.64. The summed E-state index contributed by atoms with van der Waals surface area (Å²) < 4.78 is 5.33. The van der Waals surface area contributed by atoms with Crippen LogP contribution in [0.3, 0.4) is 0 Å². The van der Waals surface area contributed by atoms with Crippen LogP contribution in [0.15, 0.2) is 0 Å². The van der Waals surface area contributed by atoms with E-state index in [-0.39, 0.29) is 16.9 Å². The quantitative estimate of drug-likeness (QED) is 0.578. The molecule has 0 aromatic heterocycles. The van der Waals surface area contributed by atoms with Crippen molar-refractivity contribution in [2.24, 2.45) is 0 Å². The average molecular weight is 314 g/mol. The van der Waals surface area contributed by atoms with E-state index in [0.29, 0.717) is 4.83 Å². The van der Waals surface area contributed by atoms with Crippen molar-refractivity contribution in [2.45, 2.75) is 48.4 Å². The zero-order valence-electron chi connectivity index (χ0n) is 7.63. The Hall–Kier alpha value is 0.430. The number of carbonyl (C=O) groups is 1. The van der Waals surface area contributed by atoms with E-state index in [2.05, 4.69) is 31.9 Å². The lowest BCUT2D eigenvalue weighted by atomic mass is 9.97. The summed E-state index contributed by atoms with van der Waals surface area (Å²) in [6.45, 7) is 1.79. The molecule has 1 aliphatic carbocycles. The Labute approximate surface area is 95.7 Å². The van der Waals surface area contributed by atoms with Crippen LogP contribution in [0.5, 0.6) is 0 Å². The van der Waals surface area contributed by atoms with Gasteiger partial charge < -0.3 is 4.74 Å². The van der Waals surface area contributed by atoms with Crippen molar-refractivity contribution in [1.29, 1.82) is 0 Å². The second-order valence-electron chi connectivity index (χ2n) is 3.39. The minimum atomic E-state index is -0.200. The van der Waals surface area contributed by atoms with Crippen molar-refractivity contribution in [1.82, 2.24) is 0 Å². The maximum Gasteiger partial charge on any atom is 0.319 e. The Morgan fingerprint density at radius 1 is 1.46 bits per heavy atom. The van der Waals surface area contributed by atoms with Gasteiger partial charge in [-0.15, -0.1) is 0 Å². The highest BCUT2D eigenvalue weighted by Crippen LogP contribution is 2.27. The van der Waals surface area contributed by atoms with E-state index in [1.807, 2.05) is 0 Å². The predicted molar refractivity (Wildman–Crippen MR) is 59.5 cm³/mol. The summed E-state index contributed by atoms with van der Waals surface area (Å²) in [4.78, 5) is 11.4. The van der Waals surface area contributed by atoms with Gasteiger partial charge in [0, 0.05) is 0 Å². The first kappa shape index (κ1) is 11.5. The summed E-state index contributed by atoms with van der Waals surface area (Å²) in [6, 6.07) is 0. The number of ether oxygens (including phenoxy) is 1. The molecule has 0 amide bonds. The van der Waals surface area contributed by atoms with Crippen LogP contribution in [0.2, 0.25) is 0 Å². The monoisotopic (exact) mass is 312 g/mol. The third kappa shape index (κ3) is 3.58. The first-order valence-electron chi connectivity index (χ1n) is 4.60. The van der Waals surface area contributed by atoms with Crippen LogP contribution in [0, 0.1) is 0 Å². The van der Waals surface area contributed by atoms with Crippen LogP contribution in [0.25, 0.3) is 0 Å². The van der Waals surface area contributed by atoms with Gasteiger partial charge in [0.05, 0.1) is 4.83 Å². The second-order valence-corrected chi connectivity index (χ2v) is 5.94. The fraction of sp³-hybridized carbons (Fsp3) is 0.889. The normalized spacial score (nSPS) is 31.0. The van der Waals surface area contributed by atoms with Gasteiger partial charge in [0.2, 0.25) is 0 Å². The molecule has 0 N–H and O–H groups in total. The highest BCUT2D eigenvalue weighted by molar-refractivity contribution is 9.10. The maximum atomic E-state index is 11.3. The van der Waals surface area contributed by atoms with Gasteiger partial charge in [0.1, 0.15) is 10.9 Å². The molecule has 0 radical (unpaired) electrons. The van der Waals surface area contributed by atoms with Crippen molar-refractivity contribution in [3.63, 3.8) is 0 Å². The molecule has 1 aliphatic rings.